The molecule has 0 radical (unpaired) electrons. The number of nitrogens with one attached hydrogen (secondary N) is 1. The van der Waals surface area contributed by atoms with Gasteiger partial charge in [-0.15, -0.1) is 0 Å². The van der Waals surface area contributed by atoms with Crippen LogP contribution >= 0.6 is 0 Å². The molecule has 1 heterocycles. The van der Waals surface area contributed by atoms with Crippen molar-refractivity contribution >= 4 is 11.8 Å². The third-order valence-corrected chi connectivity index (χ3v) is 4.08. The molecule has 1 fully saturated rings. The number of rotatable bonds is 3. The van der Waals surface area contributed by atoms with E-state index >= 15 is 0 Å². The van der Waals surface area contributed by atoms with Crippen LogP contribution in [0.3, 0.4) is 0 Å². The van der Waals surface area contributed by atoms with Gasteiger partial charge in [-0.1, -0.05) is 12.1 Å². The third-order valence-electron chi connectivity index (χ3n) is 4.08. The standard InChI is InChI=1S/C18H23N3O2/c1-13-19-11-12-21(13)18(9-10-18)14-5-7-15(8-6-14)20-16(22)23-17(2,3)4/h5-8,11-12H,9-10H2,1-4H3,(H,20,22). The zero-order chi connectivity index (χ0) is 16.7. The van der Waals surface area contributed by atoms with E-state index in [4.69, 9.17) is 4.74 Å². The van der Waals surface area contributed by atoms with E-state index in [2.05, 4.69) is 27.0 Å². The van der Waals surface area contributed by atoms with Gasteiger partial charge in [0.05, 0.1) is 5.54 Å². The van der Waals surface area contributed by atoms with E-state index in [0.29, 0.717) is 0 Å². The predicted octanol–water partition coefficient (Wildman–Crippen LogP) is 4.08. The molecule has 1 aromatic heterocycles. The van der Waals surface area contributed by atoms with Crippen molar-refractivity contribution in [3.63, 3.8) is 0 Å². The average Bonchev–Trinajstić information content (AvgIpc) is 3.13. The molecule has 0 saturated heterocycles. The summed E-state index contributed by atoms with van der Waals surface area (Å²) in [6, 6.07) is 7.98. The van der Waals surface area contributed by atoms with Crippen molar-refractivity contribution in [3.8, 4) is 0 Å². The van der Waals surface area contributed by atoms with Crippen LogP contribution in [0.5, 0.6) is 0 Å². The fourth-order valence-electron chi connectivity index (χ4n) is 2.90. The maximum atomic E-state index is 11.8. The minimum absolute atomic E-state index is 0.0328. The summed E-state index contributed by atoms with van der Waals surface area (Å²) < 4.78 is 7.50. The third kappa shape index (κ3) is 3.23. The van der Waals surface area contributed by atoms with Gasteiger partial charge in [0.15, 0.2) is 0 Å². The largest absolute Gasteiger partial charge is 0.444 e. The Hall–Kier alpha value is -2.30. The molecule has 2 aromatic rings. The number of nitrogens with zero attached hydrogens (tertiary/aromatic N) is 2. The summed E-state index contributed by atoms with van der Waals surface area (Å²) in [6.07, 6.45) is 5.67. The molecule has 1 aromatic carbocycles. The summed E-state index contributed by atoms with van der Waals surface area (Å²) in [6.45, 7) is 7.57. The molecule has 3 rings (SSSR count). The Balaban J connectivity index is 1.73. The Morgan fingerprint density at radius 3 is 2.39 bits per heavy atom. The number of anilines is 1. The molecular formula is C18H23N3O2. The van der Waals surface area contributed by atoms with Crippen molar-refractivity contribution < 1.29 is 9.53 Å². The number of carbonyl (C=O) groups is 1. The molecular weight excluding hydrogens is 290 g/mol. The molecule has 1 aliphatic rings. The van der Waals surface area contributed by atoms with Gasteiger partial charge < -0.3 is 9.30 Å². The highest BCUT2D eigenvalue weighted by atomic mass is 16.6. The zero-order valence-corrected chi connectivity index (χ0v) is 14.1. The summed E-state index contributed by atoms with van der Waals surface area (Å²) in [5.41, 5.74) is 1.51. The lowest BCUT2D eigenvalue weighted by Gasteiger charge is -2.21. The molecule has 23 heavy (non-hydrogen) atoms. The molecule has 1 aliphatic carbocycles. The van der Waals surface area contributed by atoms with Crippen molar-refractivity contribution in [3.05, 3.63) is 48.0 Å². The Morgan fingerprint density at radius 1 is 1.26 bits per heavy atom. The van der Waals surface area contributed by atoms with Gasteiger partial charge in [-0.05, 0) is 58.2 Å². The molecule has 1 N–H and O–H groups in total. The van der Waals surface area contributed by atoms with E-state index in [1.165, 1.54) is 5.56 Å². The molecule has 5 nitrogen and oxygen atoms in total. The number of hydrogen-bond donors (Lipinski definition) is 1. The maximum absolute atomic E-state index is 11.8. The van der Waals surface area contributed by atoms with E-state index in [0.717, 1.165) is 24.4 Å². The number of benzene rings is 1. The fraction of sp³-hybridized carbons (Fsp3) is 0.444. The molecule has 122 valence electrons. The Bertz CT molecular complexity index is 707. The lowest BCUT2D eigenvalue weighted by atomic mass is 10.0. The first-order valence-electron chi connectivity index (χ1n) is 7.91. The van der Waals surface area contributed by atoms with Crippen LogP contribution in [0.4, 0.5) is 10.5 Å². The zero-order valence-electron chi connectivity index (χ0n) is 14.1. The summed E-state index contributed by atoms with van der Waals surface area (Å²) >= 11 is 0. The van der Waals surface area contributed by atoms with E-state index in [9.17, 15) is 4.79 Å². The van der Waals surface area contributed by atoms with Gasteiger partial charge in [0.25, 0.3) is 0 Å². The Kier molecular flexibility index (Phi) is 3.66. The highest BCUT2D eigenvalue weighted by Gasteiger charge is 2.46. The van der Waals surface area contributed by atoms with Gasteiger partial charge >= 0.3 is 6.09 Å². The highest BCUT2D eigenvalue weighted by Crippen LogP contribution is 2.49. The quantitative estimate of drug-likeness (QED) is 0.929. The van der Waals surface area contributed by atoms with E-state index in [-0.39, 0.29) is 5.54 Å². The molecule has 0 atom stereocenters. The van der Waals surface area contributed by atoms with Gasteiger partial charge in [0.1, 0.15) is 11.4 Å². The lowest BCUT2D eigenvalue weighted by molar-refractivity contribution is 0.0636. The monoisotopic (exact) mass is 313 g/mol. The topological polar surface area (TPSA) is 56.2 Å². The maximum Gasteiger partial charge on any atom is 0.412 e. The molecule has 0 unspecified atom stereocenters. The first-order valence-corrected chi connectivity index (χ1v) is 7.91. The highest BCUT2D eigenvalue weighted by molar-refractivity contribution is 5.84. The van der Waals surface area contributed by atoms with Crippen LogP contribution in [-0.4, -0.2) is 21.2 Å². The van der Waals surface area contributed by atoms with Crippen molar-refractivity contribution in [2.24, 2.45) is 0 Å². The second-order valence-corrected chi connectivity index (χ2v) is 7.08. The van der Waals surface area contributed by atoms with E-state index in [1.54, 1.807) is 0 Å². The van der Waals surface area contributed by atoms with Crippen molar-refractivity contribution in [2.45, 2.75) is 51.7 Å². The molecule has 0 aliphatic heterocycles. The minimum atomic E-state index is -0.499. The van der Waals surface area contributed by atoms with E-state index in [1.807, 2.05) is 52.2 Å². The number of hydrogen-bond acceptors (Lipinski definition) is 3. The molecule has 0 spiro atoms. The number of imidazole rings is 1. The molecule has 1 amide bonds. The second-order valence-electron chi connectivity index (χ2n) is 7.08. The fourth-order valence-corrected chi connectivity index (χ4v) is 2.90. The average molecular weight is 313 g/mol. The smallest absolute Gasteiger partial charge is 0.412 e. The Morgan fingerprint density at radius 2 is 1.91 bits per heavy atom. The van der Waals surface area contributed by atoms with Crippen LogP contribution in [-0.2, 0) is 10.3 Å². The number of carbonyl (C=O) groups excluding carboxylic acids is 1. The van der Waals surface area contributed by atoms with Crippen LogP contribution in [0.1, 0.15) is 45.0 Å². The van der Waals surface area contributed by atoms with Crippen LogP contribution in [0.25, 0.3) is 0 Å². The number of aryl methyl sites for hydroxylation is 1. The van der Waals surface area contributed by atoms with Crippen LogP contribution in [0, 0.1) is 6.92 Å². The summed E-state index contributed by atoms with van der Waals surface area (Å²) in [5.74, 6) is 1.03. The number of ether oxygens (including phenoxy) is 1. The normalized spacial score (nSPS) is 16.0. The number of amides is 1. The molecule has 5 heteroatoms. The summed E-state index contributed by atoms with van der Waals surface area (Å²) in [7, 11) is 0. The molecule has 1 saturated carbocycles. The van der Waals surface area contributed by atoms with Crippen molar-refractivity contribution in [1.82, 2.24) is 9.55 Å². The van der Waals surface area contributed by atoms with E-state index < -0.39 is 11.7 Å². The predicted molar refractivity (Wildman–Crippen MR) is 89.6 cm³/mol. The van der Waals surface area contributed by atoms with Crippen molar-refractivity contribution in [1.29, 1.82) is 0 Å². The van der Waals surface area contributed by atoms with Crippen LogP contribution < -0.4 is 5.32 Å². The second kappa shape index (κ2) is 5.41. The van der Waals surface area contributed by atoms with Gasteiger partial charge in [-0.2, -0.15) is 0 Å². The van der Waals surface area contributed by atoms with Gasteiger partial charge in [0.2, 0.25) is 0 Å². The van der Waals surface area contributed by atoms with Crippen LogP contribution in [0.2, 0.25) is 0 Å². The first kappa shape index (κ1) is 15.6. The summed E-state index contributed by atoms with van der Waals surface area (Å²) in [4.78, 5) is 16.1. The Labute approximate surface area is 136 Å². The van der Waals surface area contributed by atoms with Gasteiger partial charge in [0, 0.05) is 18.1 Å². The summed E-state index contributed by atoms with van der Waals surface area (Å²) in [5, 5.41) is 2.76. The van der Waals surface area contributed by atoms with Crippen LogP contribution in [0.15, 0.2) is 36.7 Å². The SMILES string of the molecule is Cc1nccn1C1(c2ccc(NC(=O)OC(C)(C)C)cc2)CC1. The lowest BCUT2D eigenvalue weighted by Crippen LogP contribution is -2.27. The van der Waals surface area contributed by atoms with Crippen molar-refractivity contribution in [2.75, 3.05) is 5.32 Å². The van der Waals surface area contributed by atoms with Gasteiger partial charge in [-0.25, -0.2) is 9.78 Å². The minimum Gasteiger partial charge on any atom is -0.444 e. The number of aromatic nitrogens is 2. The first-order chi connectivity index (χ1) is 10.8. The van der Waals surface area contributed by atoms with Gasteiger partial charge in [-0.3, -0.25) is 5.32 Å². The molecule has 0 bridgehead atoms.